The van der Waals surface area contributed by atoms with Crippen LogP contribution in [0.15, 0.2) is 52.4 Å². The normalized spacial score (nSPS) is 12.0. The number of fused-ring (bicyclic) bond motifs is 1. The van der Waals surface area contributed by atoms with Crippen molar-refractivity contribution < 1.29 is 32.3 Å². The molecule has 2 aromatic carbocycles. The zero-order valence-corrected chi connectivity index (χ0v) is 18.7. The summed E-state index contributed by atoms with van der Waals surface area (Å²) in [6, 6.07) is 10.1. The molecular weight excluding hydrogens is 458 g/mol. The number of rotatable bonds is 6. The molecule has 0 aliphatic rings. The number of carbonyl (C=O) groups is 3. The van der Waals surface area contributed by atoms with Crippen molar-refractivity contribution in [2.45, 2.75) is 17.9 Å². The fraction of sp³-hybridized carbons (Fsp3) is 0.200. The number of amides is 1. The maximum absolute atomic E-state index is 12.7. The second kappa shape index (κ2) is 9.42. The fourth-order valence-electron chi connectivity index (χ4n) is 2.86. The Balaban J connectivity index is 2.07. The van der Waals surface area contributed by atoms with Gasteiger partial charge in [-0.2, -0.15) is 4.99 Å². The van der Waals surface area contributed by atoms with E-state index < -0.39 is 27.9 Å². The molecule has 0 aliphatic heterocycles. The molecule has 0 bridgehead atoms. The summed E-state index contributed by atoms with van der Waals surface area (Å²) in [6.45, 7) is 0.161. The van der Waals surface area contributed by atoms with E-state index in [-0.39, 0.29) is 33.8 Å². The first-order valence-electron chi connectivity index (χ1n) is 9.14. The number of ether oxygens (including phenoxy) is 2. The van der Waals surface area contributed by atoms with Crippen LogP contribution in [0.4, 0.5) is 0 Å². The summed E-state index contributed by atoms with van der Waals surface area (Å²) in [6.07, 6.45) is 0.0223. The molecule has 1 heterocycles. The SMILES string of the molecule is COC(=O)CCn1c(=NC(=O)c2ccc(C(=O)OC)cc2)sc2cc(S(N)(=O)=O)ccc21. The highest BCUT2D eigenvalue weighted by Crippen LogP contribution is 2.22. The first-order valence-corrected chi connectivity index (χ1v) is 11.5. The van der Waals surface area contributed by atoms with Gasteiger partial charge >= 0.3 is 11.9 Å². The van der Waals surface area contributed by atoms with Crippen LogP contribution in [-0.2, 0) is 30.8 Å². The minimum atomic E-state index is -3.92. The van der Waals surface area contributed by atoms with Gasteiger partial charge in [0.2, 0.25) is 10.0 Å². The predicted octanol–water partition coefficient (Wildman–Crippen LogP) is 1.44. The molecule has 0 aliphatic carbocycles. The van der Waals surface area contributed by atoms with Gasteiger partial charge < -0.3 is 14.0 Å². The quantitative estimate of drug-likeness (QED) is 0.528. The van der Waals surface area contributed by atoms with E-state index in [4.69, 9.17) is 5.14 Å². The van der Waals surface area contributed by atoms with Crippen molar-refractivity contribution >= 4 is 49.4 Å². The van der Waals surface area contributed by atoms with Crippen molar-refractivity contribution in [3.63, 3.8) is 0 Å². The van der Waals surface area contributed by atoms with Gasteiger partial charge in [-0.1, -0.05) is 11.3 Å². The second-order valence-corrected chi connectivity index (χ2v) is 9.09. The number of nitrogens with two attached hydrogens (primary N) is 1. The lowest BCUT2D eigenvalue weighted by atomic mass is 10.1. The number of methoxy groups -OCH3 is 2. The van der Waals surface area contributed by atoms with Gasteiger partial charge in [-0.05, 0) is 42.5 Å². The van der Waals surface area contributed by atoms with Crippen molar-refractivity contribution in [2.24, 2.45) is 10.1 Å². The van der Waals surface area contributed by atoms with Crippen LogP contribution in [-0.4, -0.2) is 45.1 Å². The molecule has 3 aromatic rings. The molecule has 0 atom stereocenters. The molecule has 0 saturated carbocycles. The minimum absolute atomic E-state index is 0.0223. The van der Waals surface area contributed by atoms with Crippen LogP contribution in [0.1, 0.15) is 27.1 Å². The summed E-state index contributed by atoms with van der Waals surface area (Å²) in [5.41, 5.74) is 1.10. The largest absolute Gasteiger partial charge is 0.469 e. The summed E-state index contributed by atoms with van der Waals surface area (Å²) in [7, 11) is -1.39. The van der Waals surface area contributed by atoms with Crippen molar-refractivity contribution in [3.8, 4) is 0 Å². The van der Waals surface area contributed by atoms with Gasteiger partial charge in [0.05, 0.1) is 41.3 Å². The van der Waals surface area contributed by atoms with Crippen LogP contribution in [0.25, 0.3) is 10.2 Å². The Morgan fingerprint density at radius 1 is 1.03 bits per heavy atom. The Morgan fingerprint density at radius 2 is 1.69 bits per heavy atom. The van der Waals surface area contributed by atoms with Crippen LogP contribution in [0, 0.1) is 0 Å². The molecule has 0 saturated heterocycles. The average Bonchev–Trinajstić information content (AvgIpc) is 3.12. The molecule has 3 rings (SSSR count). The third-order valence-corrected chi connectivity index (χ3v) is 6.45. The maximum atomic E-state index is 12.7. The summed E-state index contributed by atoms with van der Waals surface area (Å²) < 4.78 is 34.8. The first kappa shape index (κ1) is 23.3. The number of sulfonamides is 1. The van der Waals surface area contributed by atoms with E-state index in [1.54, 1.807) is 4.57 Å². The molecule has 1 amide bonds. The molecule has 0 spiro atoms. The summed E-state index contributed by atoms with van der Waals surface area (Å²) in [5, 5.41) is 5.21. The van der Waals surface area contributed by atoms with Crippen molar-refractivity contribution in [1.29, 1.82) is 0 Å². The number of hydrogen-bond acceptors (Lipinski definition) is 8. The number of aromatic nitrogens is 1. The van der Waals surface area contributed by atoms with Gasteiger partial charge in [-0.3, -0.25) is 9.59 Å². The molecule has 168 valence electrons. The molecule has 32 heavy (non-hydrogen) atoms. The number of benzene rings is 2. The van der Waals surface area contributed by atoms with Crippen LogP contribution >= 0.6 is 11.3 Å². The van der Waals surface area contributed by atoms with Gasteiger partial charge in [-0.15, -0.1) is 0 Å². The summed E-state index contributed by atoms with van der Waals surface area (Å²) in [5.74, 6) is -1.56. The Hall–Kier alpha value is -3.35. The van der Waals surface area contributed by atoms with Gasteiger partial charge in [0.1, 0.15) is 0 Å². The monoisotopic (exact) mass is 477 g/mol. The molecule has 0 radical (unpaired) electrons. The highest BCUT2D eigenvalue weighted by atomic mass is 32.2. The van der Waals surface area contributed by atoms with Gasteiger partial charge in [0.15, 0.2) is 4.80 Å². The third-order valence-electron chi connectivity index (χ3n) is 4.50. The molecule has 0 unspecified atom stereocenters. The van der Waals surface area contributed by atoms with E-state index >= 15 is 0 Å². The number of primary sulfonamides is 1. The second-order valence-electron chi connectivity index (χ2n) is 6.52. The molecule has 10 nitrogen and oxygen atoms in total. The number of nitrogens with zero attached hydrogens (tertiary/aromatic N) is 2. The smallest absolute Gasteiger partial charge is 0.337 e. The molecule has 0 fully saturated rings. The Kier molecular flexibility index (Phi) is 6.87. The average molecular weight is 478 g/mol. The number of aryl methyl sites for hydroxylation is 1. The Labute approximate surface area is 187 Å². The van der Waals surface area contributed by atoms with Crippen LogP contribution in [0.3, 0.4) is 0 Å². The van der Waals surface area contributed by atoms with Gasteiger partial charge in [-0.25, -0.2) is 18.4 Å². The summed E-state index contributed by atoms with van der Waals surface area (Å²) >= 11 is 1.08. The highest BCUT2D eigenvalue weighted by molar-refractivity contribution is 7.89. The first-order chi connectivity index (χ1) is 15.1. The predicted molar refractivity (Wildman–Crippen MR) is 115 cm³/mol. The zero-order chi connectivity index (χ0) is 23.5. The van der Waals surface area contributed by atoms with E-state index in [0.29, 0.717) is 10.2 Å². The van der Waals surface area contributed by atoms with E-state index in [1.165, 1.54) is 56.7 Å². The fourth-order valence-corrected chi connectivity index (χ4v) is 4.56. The molecule has 2 N–H and O–H groups in total. The van der Waals surface area contributed by atoms with Gasteiger partial charge in [0.25, 0.3) is 5.91 Å². The minimum Gasteiger partial charge on any atom is -0.469 e. The molecule has 12 heteroatoms. The van der Waals surface area contributed by atoms with Crippen LogP contribution < -0.4 is 9.94 Å². The van der Waals surface area contributed by atoms with Crippen molar-refractivity contribution in [1.82, 2.24) is 4.57 Å². The lowest BCUT2D eigenvalue weighted by Crippen LogP contribution is -2.19. The van der Waals surface area contributed by atoms with E-state index in [0.717, 1.165) is 11.3 Å². The zero-order valence-electron chi connectivity index (χ0n) is 17.1. The highest BCUT2D eigenvalue weighted by Gasteiger charge is 2.15. The summed E-state index contributed by atoms with van der Waals surface area (Å²) in [4.78, 5) is 40.2. The standard InChI is InChI=1S/C20H19N3O7S2/c1-29-17(24)9-10-23-15-8-7-14(32(21,27)28)11-16(15)31-20(23)22-18(25)12-3-5-13(6-4-12)19(26)30-2/h3-8,11H,9-10H2,1-2H3,(H2,21,27,28). The topological polar surface area (TPSA) is 147 Å². The molecule has 1 aromatic heterocycles. The van der Waals surface area contributed by atoms with Crippen molar-refractivity contribution in [2.75, 3.05) is 14.2 Å². The lowest BCUT2D eigenvalue weighted by molar-refractivity contribution is -0.140. The number of esters is 2. The number of hydrogen-bond donors (Lipinski definition) is 1. The Morgan fingerprint density at radius 3 is 2.28 bits per heavy atom. The molecular formula is C20H19N3O7S2. The van der Waals surface area contributed by atoms with Gasteiger partial charge in [0, 0.05) is 12.1 Å². The Bertz CT molecular complexity index is 1370. The lowest BCUT2D eigenvalue weighted by Gasteiger charge is -2.05. The van der Waals surface area contributed by atoms with E-state index in [2.05, 4.69) is 14.5 Å². The van der Waals surface area contributed by atoms with E-state index in [1.807, 2.05) is 0 Å². The van der Waals surface area contributed by atoms with Crippen LogP contribution in [0.5, 0.6) is 0 Å². The van der Waals surface area contributed by atoms with E-state index in [9.17, 15) is 22.8 Å². The number of carbonyl (C=O) groups excluding carboxylic acids is 3. The maximum Gasteiger partial charge on any atom is 0.337 e. The number of thiazole rings is 1. The van der Waals surface area contributed by atoms with Crippen LogP contribution in [0.2, 0.25) is 0 Å². The van der Waals surface area contributed by atoms with Crippen molar-refractivity contribution in [3.05, 3.63) is 58.4 Å². The third kappa shape index (κ3) is 5.10.